The maximum absolute atomic E-state index is 11.0. The Kier molecular flexibility index (Phi) is 5.56. The van der Waals surface area contributed by atoms with Gasteiger partial charge in [0, 0.05) is 6.07 Å². The predicted molar refractivity (Wildman–Crippen MR) is 66.6 cm³/mol. The number of carbonyl (C=O) groups is 1. The van der Waals surface area contributed by atoms with Crippen molar-refractivity contribution in [2.75, 3.05) is 7.11 Å². The Morgan fingerprint density at radius 3 is 2.60 bits per heavy atom. The van der Waals surface area contributed by atoms with E-state index in [4.69, 9.17) is 5.11 Å². The number of aliphatic hydroxyl groups is 3. The van der Waals surface area contributed by atoms with Crippen molar-refractivity contribution in [1.82, 2.24) is 0 Å². The summed E-state index contributed by atoms with van der Waals surface area (Å²) in [6.45, 7) is -0.516. The second kappa shape index (κ2) is 6.94. The second-order valence-electron chi connectivity index (χ2n) is 4.10. The fourth-order valence-electron chi connectivity index (χ4n) is 1.66. The third kappa shape index (κ3) is 3.73. The Hall–Kier alpha value is -2.03. The first-order valence-electron chi connectivity index (χ1n) is 5.71. The van der Waals surface area contributed by atoms with Crippen molar-refractivity contribution in [3.05, 3.63) is 39.4 Å². The highest BCUT2D eigenvalue weighted by atomic mass is 16.6. The molecule has 0 bridgehead atoms. The van der Waals surface area contributed by atoms with Crippen LogP contribution in [0.4, 0.5) is 5.69 Å². The number of nitrogens with zero attached hydrogens (tertiary/aromatic N) is 1. The molecule has 0 saturated heterocycles. The highest BCUT2D eigenvalue weighted by Crippen LogP contribution is 2.26. The topological polar surface area (TPSA) is 130 Å². The Bertz CT molecular complexity index is 503. The first-order valence-corrected chi connectivity index (χ1v) is 5.71. The van der Waals surface area contributed by atoms with E-state index in [1.807, 2.05) is 0 Å². The maximum atomic E-state index is 11.0. The smallest absolute Gasteiger partial charge is 0.308 e. The summed E-state index contributed by atoms with van der Waals surface area (Å²) in [6.07, 6.45) is -3.35. The number of esters is 1. The first kappa shape index (κ1) is 16.0. The standard InChI is InChI=1S/C12H15NO7/c1-20-11(16)5-10(15)12(17)7-2-3-8(6-14)9(4-7)13(18)19/h2-4,10,12,14-15,17H,5-6H2,1H3. The predicted octanol–water partition coefficient (Wildman–Crippen LogP) is 0.0445. The minimum atomic E-state index is -1.47. The molecule has 0 fully saturated rings. The maximum Gasteiger partial charge on any atom is 0.308 e. The quantitative estimate of drug-likeness (QED) is 0.382. The number of benzene rings is 1. The van der Waals surface area contributed by atoms with Crippen LogP contribution in [0, 0.1) is 10.1 Å². The average molecular weight is 285 g/mol. The zero-order valence-electron chi connectivity index (χ0n) is 10.7. The molecule has 1 rings (SSSR count). The molecule has 1 aromatic carbocycles. The SMILES string of the molecule is COC(=O)CC(O)C(O)c1ccc(CO)c([N+](=O)[O-])c1. The second-order valence-corrected chi connectivity index (χ2v) is 4.10. The van der Waals surface area contributed by atoms with Gasteiger partial charge in [0.1, 0.15) is 6.10 Å². The van der Waals surface area contributed by atoms with Gasteiger partial charge in [-0.05, 0) is 11.6 Å². The van der Waals surface area contributed by atoms with Gasteiger partial charge < -0.3 is 20.1 Å². The monoisotopic (exact) mass is 285 g/mol. The molecule has 0 heterocycles. The molecule has 0 aromatic heterocycles. The summed E-state index contributed by atoms with van der Waals surface area (Å²) >= 11 is 0. The molecule has 1 aromatic rings. The summed E-state index contributed by atoms with van der Waals surface area (Å²) in [7, 11) is 1.14. The molecule has 3 N–H and O–H groups in total. The van der Waals surface area contributed by atoms with Crippen LogP contribution in [0.25, 0.3) is 0 Å². The molecule has 0 radical (unpaired) electrons. The zero-order valence-corrected chi connectivity index (χ0v) is 10.7. The highest BCUT2D eigenvalue weighted by molar-refractivity contribution is 5.69. The lowest BCUT2D eigenvalue weighted by molar-refractivity contribution is -0.386. The van der Waals surface area contributed by atoms with Crippen LogP contribution in [-0.4, -0.2) is 39.4 Å². The fraction of sp³-hybridized carbons (Fsp3) is 0.417. The minimum Gasteiger partial charge on any atom is -0.469 e. The Morgan fingerprint density at radius 1 is 1.45 bits per heavy atom. The van der Waals surface area contributed by atoms with E-state index in [1.54, 1.807) is 0 Å². The van der Waals surface area contributed by atoms with Crippen LogP contribution in [-0.2, 0) is 16.1 Å². The van der Waals surface area contributed by atoms with Crippen LogP contribution in [0.1, 0.15) is 23.7 Å². The number of hydrogen-bond acceptors (Lipinski definition) is 7. The van der Waals surface area contributed by atoms with E-state index < -0.39 is 36.1 Å². The third-order valence-corrected chi connectivity index (χ3v) is 2.79. The fourth-order valence-corrected chi connectivity index (χ4v) is 1.66. The molecule has 0 aliphatic heterocycles. The molecule has 0 amide bonds. The molecular weight excluding hydrogens is 270 g/mol. The van der Waals surface area contributed by atoms with E-state index in [0.29, 0.717) is 0 Å². The van der Waals surface area contributed by atoms with Gasteiger partial charge in [-0.1, -0.05) is 6.07 Å². The summed E-state index contributed by atoms with van der Waals surface area (Å²) < 4.78 is 4.35. The molecule has 0 spiro atoms. The summed E-state index contributed by atoms with van der Waals surface area (Å²) in [5.41, 5.74) is -0.201. The number of hydrogen-bond donors (Lipinski definition) is 3. The third-order valence-electron chi connectivity index (χ3n) is 2.79. The van der Waals surface area contributed by atoms with Crippen LogP contribution < -0.4 is 0 Å². The van der Waals surface area contributed by atoms with Gasteiger partial charge in [0.25, 0.3) is 5.69 Å². The number of ether oxygens (including phenoxy) is 1. The molecular formula is C12H15NO7. The van der Waals surface area contributed by atoms with Gasteiger partial charge in [0.05, 0.1) is 36.7 Å². The van der Waals surface area contributed by atoms with Crippen LogP contribution in [0.15, 0.2) is 18.2 Å². The molecule has 0 saturated carbocycles. The van der Waals surface area contributed by atoms with Gasteiger partial charge in [-0.25, -0.2) is 0 Å². The Balaban J connectivity index is 2.98. The van der Waals surface area contributed by atoms with Gasteiger partial charge in [-0.15, -0.1) is 0 Å². The van der Waals surface area contributed by atoms with Gasteiger partial charge >= 0.3 is 5.97 Å². The van der Waals surface area contributed by atoms with Crippen molar-refractivity contribution >= 4 is 11.7 Å². The van der Waals surface area contributed by atoms with Crippen molar-refractivity contribution in [2.24, 2.45) is 0 Å². The Labute approximate surface area is 114 Å². The summed E-state index contributed by atoms with van der Waals surface area (Å²) in [6, 6.07) is 3.67. The van der Waals surface area contributed by atoms with E-state index in [0.717, 1.165) is 13.2 Å². The van der Waals surface area contributed by atoms with E-state index in [-0.39, 0.29) is 16.8 Å². The van der Waals surface area contributed by atoms with E-state index in [9.17, 15) is 25.1 Å². The number of aliphatic hydroxyl groups excluding tert-OH is 3. The van der Waals surface area contributed by atoms with Crippen molar-refractivity contribution in [1.29, 1.82) is 0 Å². The van der Waals surface area contributed by atoms with E-state index in [2.05, 4.69) is 4.74 Å². The largest absolute Gasteiger partial charge is 0.469 e. The van der Waals surface area contributed by atoms with Crippen LogP contribution >= 0.6 is 0 Å². The lowest BCUT2D eigenvalue weighted by atomic mass is 10.00. The number of nitro groups is 1. The molecule has 20 heavy (non-hydrogen) atoms. The number of rotatable bonds is 6. The minimum absolute atomic E-state index is 0.0744. The average Bonchev–Trinajstić information content (AvgIpc) is 2.45. The van der Waals surface area contributed by atoms with Crippen molar-refractivity contribution in [2.45, 2.75) is 25.2 Å². The number of carbonyl (C=O) groups excluding carboxylic acids is 1. The molecule has 110 valence electrons. The van der Waals surface area contributed by atoms with Crippen LogP contribution in [0.3, 0.4) is 0 Å². The van der Waals surface area contributed by atoms with Gasteiger partial charge in [0.2, 0.25) is 0 Å². The number of methoxy groups -OCH3 is 1. The van der Waals surface area contributed by atoms with E-state index >= 15 is 0 Å². The summed E-state index contributed by atoms with van der Waals surface area (Å²) in [5, 5.41) is 39.3. The van der Waals surface area contributed by atoms with Gasteiger partial charge in [0.15, 0.2) is 0 Å². The molecule has 0 aliphatic carbocycles. The molecule has 8 nitrogen and oxygen atoms in total. The van der Waals surface area contributed by atoms with Gasteiger partial charge in [-0.2, -0.15) is 0 Å². The summed E-state index contributed by atoms with van der Waals surface area (Å²) in [5.74, 6) is -0.710. The van der Waals surface area contributed by atoms with Crippen molar-refractivity contribution < 1.29 is 29.8 Å². The van der Waals surface area contributed by atoms with Crippen LogP contribution in [0.2, 0.25) is 0 Å². The highest BCUT2D eigenvalue weighted by Gasteiger charge is 2.24. The van der Waals surface area contributed by atoms with Gasteiger partial charge in [-0.3, -0.25) is 14.9 Å². The lowest BCUT2D eigenvalue weighted by Crippen LogP contribution is -2.22. The Morgan fingerprint density at radius 2 is 2.10 bits per heavy atom. The summed E-state index contributed by atoms with van der Waals surface area (Å²) in [4.78, 5) is 21.1. The van der Waals surface area contributed by atoms with Crippen LogP contribution in [0.5, 0.6) is 0 Å². The molecule has 8 heteroatoms. The zero-order chi connectivity index (χ0) is 15.3. The van der Waals surface area contributed by atoms with Crippen molar-refractivity contribution in [3.63, 3.8) is 0 Å². The van der Waals surface area contributed by atoms with Crippen molar-refractivity contribution in [3.8, 4) is 0 Å². The first-order chi connectivity index (χ1) is 9.40. The molecule has 2 atom stereocenters. The van der Waals surface area contributed by atoms with E-state index in [1.165, 1.54) is 12.1 Å². The normalized spacial score (nSPS) is 13.6. The lowest BCUT2D eigenvalue weighted by Gasteiger charge is -2.17. The number of nitro benzene ring substituents is 1. The molecule has 0 aliphatic rings. The molecule has 2 unspecified atom stereocenters.